The van der Waals surface area contributed by atoms with E-state index in [1.807, 2.05) is 48.5 Å². The first-order valence-corrected chi connectivity index (χ1v) is 7.54. The smallest absolute Gasteiger partial charge is 0.229 e. The molecule has 0 bridgehead atoms. The van der Waals surface area contributed by atoms with Gasteiger partial charge in [-0.25, -0.2) is 4.98 Å². The number of para-hydroxylation sites is 2. The molecule has 1 amide bonds. The molecule has 4 nitrogen and oxygen atoms in total. The number of rotatable bonds is 1. The molecular weight excluding hydrogens is 330 g/mol. The van der Waals surface area contributed by atoms with Crippen LogP contribution in [-0.4, -0.2) is 15.5 Å². The van der Waals surface area contributed by atoms with Crippen LogP contribution in [0.4, 0.5) is 5.95 Å². The lowest BCUT2D eigenvalue weighted by Gasteiger charge is -2.26. The zero-order chi connectivity index (χ0) is 14.4. The summed E-state index contributed by atoms with van der Waals surface area (Å²) in [6.45, 7) is 0. The van der Waals surface area contributed by atoms with Crippen LogP contribution in [0.1, 0.15) is 18.0 Å². The first-order valence-electron chi connectivity index (χ1n) is 6.74. The summed E-state index contributed by atoms with van der Waals surface area (Å²) >= 11 is 3.45. The molecule has 1 N–H and O–H groups in total. The Hall–Kier alpha value is -2.14. The minimum Gasteiger partial charge on any atom is -0.302 e. The summed E-state index contributed by atoms with van der Waals surface area (Å²) in [5, 5.41) is 2.86. The number of hydrogen-bond acceptors (Lipinski definition) is 2. The number of benzene rings is 2. The molecule has 104 valence electrons. The van der Waals surface area contributed by atoms with Crippen molar-refractivity contribution in [3.8, 4) is 0 Å². The first-order chi connectivity index (χ1) is 10.2. The summed E-state index contributed by atoms with van der Waals surface area (Å²) in [4.78, 5) is 16.5. The normalized spacial score (nSPS) is 17.6. The highest BCUT2D eigenvalue weighted by atomic mass is 79.9. The maximum Gasteiger partial charge on any atom is 0.229 e. The van der Waals surface area contributed by atoms with Crippen LogP contribution in [0, 0.1) is 0 Å². The molecule has 1 aliphatic rings. The molecule has 0 saturated carbocycles. The lowest BCUT2D eigenvalue weighted by Crippen LogP contribution is -2.28. The molecule has 2 aromatic carbocycles. The van der Waals surface area contributed by atoms with Gasteiger partial charge in [0.05, 0.1) is 23.5 Å². The Morgan fingerprint density at radius 1 is 1.14 bits per heavy atom. The van der Waals surface area contributed by atoms with Gasteiger partial charge < -0.3 is 4.57 Å². The summed E-state index contributed by atoms with van der Waals surface area (Å²) in [6.07, 6.45) is 0.426. The number of aromatic nitrogens is 2. The van der Waals surface area contributed by atoms with Crippen LogP contribution in [0.15, 0.2) is 53.0 Å². The van der Waals surface area contributed by atoms with Gasteiger partial charge in [0.1, 0.15) is 0 Å². The number of imidazole rings is 1. The molecule has 0 saturated heterocycles. The van der Waals surface area contributed by atoms with Crippen LogP contribution in [0.3, 0.4) is 0 Å². The number of fused-ring (bicyclic) bond motifs is 3. The van der Waals surface area contributed by atoms with E-state index in [1.165, 1.54) is 0 Å². The van der Waals surface area contributed by atoms with Crippen molar-refractivity contribution in [1.82, 2.24) is 9.55 Å². The first kappa shape index (κ1) is 12.6. The Balaban J connectivity index is 1.94. The van der Waals surface area contributed by atoms with Gasteiger partial charge in [0, 0.05) is 4.47 Å². The summed E-state index contributed by atoms with van der Waals surface area (Å²) in [7, 11) is 0. The molecule has 1 atom stereocenters. The van der Waals surface area contributed by atoms with Crippen molar-refractivity contribution in [3.63, 3.8) is 0 Å². The number of hydrogen-bond donors (Lipinski definition) is 1. The van der Waals surface area contributed by atoms with Gasteiger partial charge >= 0.3 is 0 Å². The Morgan fingerprint density at radius 2 is 1.90 bits per heavy atom. The fourth-order valence-electron chi connectivity index (χ4n) is 2.84. The largest absolute Gasteiger partial charge is 0.302 e. The zero-order valence-corrected chi connectivity index (χ0v) is 12.7. The van der Waals surface area contributed by atoms with Crippen molar-refractivity contribution in [2.45, 2.75) is 12.5 Å². The average molecular weight is 342 g/mol. The number of halogens is 1. The fourth-order valence-corrected chi connectivity index (χ4v) is 3.11. The highest BCUT2D eigenvalue weighted by Gasteiger charge is 2.28. The van der Waals surface area contributed by atoms with Gasteiger partial charge in [-0.05, 0) is 29.8 Å². The molecule has 1 unspecified atom stereocenters. The Morgan fingerprint density at radius 3 is 2.71 bits per heavy atom. The summed E-state index contributed by atoms with van der Waals surface area (Å²) in [6, 6.07) is 16.0. The molecular formula is C16H12BrN3O. The monoisotopic (exact) mass is 341 g/mol. The van der Waals surface area contributed by atoms with Crippen molar-refractivity contribution in [1.29, 1.82) is 0 Å². The van der Waals surface area contributed by atoms with Gasteiger partial charge in [0.2, 0.25) is 11.9 Å². The molecule has 0 fully saturated rings. The zero-order valence-electron chi connectivity index (χ0n) is 11.1. The summed E-state index contributed by atoms with van der Waals surface area (Å²) < 4.78 is 3.14. The van der Waals surface area contributed by atoms with E-state index in [4.69, 9.17) is 0 Å². The molecule has 4 rings (SSSR count). The minimum absolute atomic E-state index is 0.00530. The lowest BCUT2D eigenvalue weighted by molar-refractivity contribution is -0.117. The molecule has 5 heteroatoms. The van der Waals surface area contributed by atoms with E-state index >= 15 is 0 Å². The van der Waals surface area contributed by atoms with E-state index < -0.39 is 0 Å². The van der Waals surface area contributed by atoms with E-state index in [2.05, 4.69) is 30.8 Å². The van der Waals surface area contributed by atoms with Crippen LogP contribution in [0.25, 0.3) is 11.0 Å². The van der Waals surface area contributed by atoms with E-state index in [9.17, 15) is 4.79 Å². The average Bonchev–Trinajstić information content (AvgIpc) is 2.85. The van der Waals surface area contributed by atoms with Crippen LogP contribution >= 0.6 is 15.9 Å². The van der Waals surface area contributed by atoms with Gasteiger partial charge in [-0.3, -0.25) is 10.1 Å². The van der Waals surface area contributed by atoms with Crippen molar-refractivity contribution in [2.75, 3.05) is 5.32 Å². The third kappa shape index (κ3) is 2.05. The minimum atomic E-state index is -0.0192. The Bertz CT molecular complexity index is 838. The molecule has 21 heavy (non-hydrogen) atoms. The number of anilines is 1. The van der Waals surface area contributed by atoms with E-state index in [1.54, 1.807) is 0 Å². The molecule has 0 radical (unpaired) electrons. The number of nitrogens with zero attached hydrogens (tertiary/aromatic N) is 2. The molecule has 3 aromatic rings. The maximum absolute atomic E-state index is 12.0. The van der Waals surface area contributed by atoms with Crippen molar-refractivity contribution in [2.24, 2.45) is 0 Å². The van der Waals surface area contributed by atoms with Crippen LogP contribution in [0.2, 0.25) is 0 Å². The van der Waals surface area contributed by atoms with E-state index in [0.29, 0.717) is 12.4 Å². The Kier molecular flexibility index (Phi) is 2.82. The summed E-state index contributed by atoms with van der Waals surface area (Å²) in [5.74, 6) is 0.631. The van der Waals surface area contributed by atoms with Gasteiger partial charge in [-0.1, -0.05) is 40.2 Å². The topological polar surface area (TPSA) is 46.9 Å². The SMILES string of the molecule is O=C1CC(c2ccc(Br)cc2)n2c(nc3ccccc32)N1. The number of amides is 1. The molecule has 1 aliphatic heterocycles. The van der Waals surface area contributed by atoms with Crippen molar-refractivity contribution >= 4 is 38.8 Å². The van der Waals surface area contributed by atoms with Gasteiger partial charge in [0.15, 0.2) is 0 Å². The van der Waals surface area contributed by atoms with Crippen molar-refractivity contribution in [3.05, 3.63) is 58.6 Å². The van der Waals surface area contributed by atoms with Crippen LogP contribution in [-0.2, 0) is 4.79 Å². The third-order valence-corrected chi connectivity index (χ3v) is 4.32. The molecule has 0 aliphatic carbocycles. The second kappa shape index (κ2) is 4.70. The highest BCUT2D eigenvalue weighted by molar-refractivity contribution is 9.10. The van der Waals surface area contributed by atoms with E-state index in [0.717, 1.165) is 21.1 Å². The van der Waals surface area contributed by atoms with Crippen molar-refractivity contribution < 1.29 is 4.79 Å². The fraction of sp³-hybridized carbons (Fsp3) is 0.125. The third-order valence-electron chi connectivity index (χ3n) is 3.79. The number of nitrogens with one attached hydrogen (secondary N) is 1. The van der Waals surface area contributed by atoms with E-state index in [-0.39, 0.29) is 11.9 Å². The maximum atomic E-state index is 12.0. The highest BCUT2D eigenvalue weighted by Crippen LogP contribution is 2.34. The molecule has 0 spiro atoms. The predicted octanol–water partition coefficient (Wildman–Crippen LogP) is 3.73. The summed E-state index contributed by atoms with van der Waals surface area (Å²) in [5.41, 5.74) is 3.05. The van der Waals surface area contributed by atoms with Gasteiger partial charge in [-0.2, -0.15) is 0 Å². The predicted molar refractivity (Wildman–Crippen MR) is 85.3 cm³/mol. The second-order valence-corrected chi connectivity index (χ2v) is 6.03. The van der Waals surface area contributed by atoms with Crippen LogP contribution < -0.4 is 5.32 Å². The van der Waals surface area contributed by atoms with Crippen LogP contribution in [0.5, 0.6) is 0 Å². The quantitative estimate of drug-likeness (QED) is 0.733. The second-order valence-electron chi connectivity index (χ2n) is 5.11. The van der Waals surface area contributed by atoms with Gasteiger partial charge in [0.25, 0.3) is 0 Å². The van der Waals surface area contributed by atoms with Gasteiger partial charge in [-0.15, -0.1) is 0 Å². The molecule has 2 heterocycles. The Labute approximate surface area is 129 Å². The number of carbonyl (C=O) groups is 1. The lowest BCUT2D eigenvalue weighted by atomic mass is 10.0. The standard InChI is InChI=1S/C16H12BrN3O/c17-11-7-5-10(6-8-11)14-9-15(21)19-16-18-12-3-1-2-4-13(12)20(14)16/h1-8,14H,9H2,(H,18,19,21). The number of carbonyl (C=O) groups excluding carboxylic acids is 1. The molecule has 1 aromatic heterocycles.